The molecule has 0 N–H and O–H groups in total. The molecule has 2 atom stereocenters. The lowest BCUT2D eigenvalue weighted by molar-refractivity contribution is 0.454. The third-order valence-electron chi connectivity index (χ3n) is 3.72. The lowest BCUT2D eigenvalue weighted by Gasteiger charge is -2.16. The number of hydrogen-bond acceptors (Lipinski definition) is 1. The third-order valence-corrected chi connectivity index (χ3v) is 4.54. The second kappa shape index (κ2) is 3.18. The van der Waals surface area contributed by atoms with Crippen LogP contribution >= 0.6 is 16.1 Å². The summed E-state index contributed by atoms with van der Waals surface area (Å²) in [6.07, 6.45) is 0. The second-order valence-corrected chi connectivity index (χ2v) is 5.37. The summed E-state index contributed by atoms with van der Waals surface area (Å²) in [5, 5.41) is 0. The average molecular weight is 290 g/mol. The molecule has 2 aromatic carbocycles. The Balaban J connectivity index is 2.02. The molecule has 2 heterocycles. The molecule has 0 fully saturated rings. The van der Waals surface area contributed by atoms with Crippen molar-refractivity contribution >= 4 is 16.1 Å². The summed E-state index contributed by atoms with van der Waals surface area (Å²) in [4.78, 5) is 0. The van der Waals surface area contributed by atoms with Crippen molar-refractivity contribution in [3.8, 4) is 0 Å². The van der Waals surface area contributed by atoms with Crippen LogP contribution in [-0.2, 0) is 0 Å². The summed E-state index contributed by atoms with van der Waals surface area (Å²) in [6.45, 7) is 0. The normalized spacial score (nSPS) is 24.8. The topological polar surface area (TPSA) is 3.24 Å². The van der Waals surface area contributed by atoms with E-state index in [2.05, 4.69) is 38.3 Å². The minimum atomic E-state index is -0.158. The third kappa shape index (κ3) is 1.11. The molecule has 1 nitrogen and oxygen atoms in total. The van der Waals surface area contributed by atoms with Gasteiger partial charge < -0.3 is 0 Å². The van der Waals surface area contributed by atoms with Gasteiger partial charge in [-0.15, -0.1) is 0 Å². The minimum absolute atomic E-state index is 0.155. The lowest BCUT2D eigenvalue weighted by Crippen LogP contribution is -2.06. The average Bonchev–Trinajstić information content (AvgIpc) is 2.77. The maximum Gasteiger partial charge on any atom is 0.123 e. The van der Waals surface area contributed by atoms with Crippen molar-refractivity contribution < 1.29 is 4.39 Å². The highest BCUT2D eigenvalue weighted by Gasteiger charge is 2.46. The van der Waals surface area contributed by atoms with Gasteiger partial charge in [0, 0.05) is 16.1 Å². The molecule has 0 spiro atoms. The molecule has 0 saturated heterocycles. The van der Waals surface area contributed by atoms with E-state index in [1.807, 2.05) is 12.1 Å². The van der Waals surface area contributed by atoms with Crippen LogP contribution in [0.1, 0.15) is 34.3 Å². The molecular weight excluding hydrogens is 281 g/mol. The Morgan fingerprint density at radius 1 is 0.882 bits per heavy atom. The van der Waals surface area contributed by atoms with Crippen LogP contribution in [0.3, 0.4) is 0 Å². The van der Waals surface area contributed by atoms with E-state index < -0.39 is 0 Å². The lowest BCUT2D eigenvalue weighted by atomic mass is 9.86. The van der Waals surface area contributed by atoms with Gasteiger partial charge in [0.1, 0.15) is 5.82 Å². The van der Waals surface area contributed by atoms with Crippen molar-refractivity contribution in [1.82, 2.24) is 3.93 Å². The fourth-order valence-corrected chi connectivity index (χ4v) is 3.94. The summed E-state index contributed by atoms with van der Waals surface area (Å²) in [7, 11) is 0. The molecule has 2 aromatic rings. The summed E-state index contributed by atoms with van der Waals surface area (Å²) in [5.41, 5.74) is 4.92. The quantitative estimate of drug-likeness (QED) is 0.664. The van der Waals surface area contributed by atoms with E-state index >= 15 is 0 Å². The minimum Gasteiger partial charge on any atom is -0.218 e. The molecule has 2 bridgehead atoms. The Morgan fingerprint density at radius 2 is 1.47 bits per heavy atom. The van der Waals surface area contributed by atoms with Crippen LogP contribution in [0.25, 0.3) is 0 Å². The predicted octanol–water partition coefficient (Wildman–Crippen LogP) is 3.94. The van der Waals surface area contributed by atoms with Crippen molar-refractivity contribution in [2.75, 3.05) is 0 Å². The molecule has 0 saturated carbocycles. The number of halogens is 2. The van der Waals surface area contributed by atoms with Gasteiger partial charge in [-0.25, -0.2) is 8.32 Å². The summed E-state index contributed by atoms with van der Waals surface area (Å²) in [5.74, 6) is -0.158. The summed E-state index contributed by atoms with van der Waals surface area (Å²) >= 11 is 3.63. The first-order valence-corrected chi connectivity index (χ1v) is 6.30. The van der Waals surface area contributed by atoms with Gasteiger partial charge in [0.25, 0.3) is 0 Å². The standard InChI is InChI=1S/C14H9BrFN/c15-17-13-9-3-1-2-4-10(9)14(17)12-7-8(16)5-6-11(12)13/h1-7,13-14H. The van der Waals surface area contributed by atoms with Gasteiger partial charge in [-0.2, -0.15) is 0 Å². The number of hydrogen-bond donors (Lipinski definition) is 0. The van der Waals surface area contributed by atoms with Crippen LogP contribution in [0.15, 0.2) is 42.5 Å². The van der Waals surface area contributed by atoms with Gasteiger partial charge >= 0.3 is 0 Å². The van der Waals surface area contributed by atoms with Gasteiger partial charge in [-0.3, -0.25) is 0 Å². The maximum absolute atomic E-state index is 13.4. The van der Waals surface area contributed by atoms with Gasteiger partial charge in [0.15, 0.2) is 0 Å². The van der Waals surface area contributed by atoms with Crippen molar-refractivity contribution in [2.24, 2.45) is 0 Å². The zero-order valence-corrected chi connectivity index (χ0v) is 10.5. The SMILES string of the molecule is Fc1ccc2c(c1)C1c3ccccc3C2N1Br. The van der Waals surface area contributed by atoms with Gasteiger partial charge in [-0.1, -0.05) is 30.3 Å². The van der Waals surface area contributed by atoms with Gasteiger partial charge in [0.05, 0.1) is 12.1 Å². The molecule has 0 amide bonds. The Hall–Kier alpha value is -1.19. The highest BCUT2D eigenvalue weighted by Crippen LogP contribution is 2.57. The Morgan fingerprint density at radius 3 is 2.18 bits per heavy atom. The number of benzene rings is 2. The zero-order valence-electron chi connectivity index (χ0n) is 8.90. The molecule has 4 rings (SSSR count). The van der Waals surface area contributed by atoms with Crippen molar-refractivity contribution in [1.29, 1.82) is 0 Å². The van der Waals surface area contributed by atoms with Crippen molar-refractivity contribution in [2.45, 2.75) is 12.1 Å². The van der Waals surface area contributed by atoms with E-state index in [1.165, 1.54) is 16.7 Å². The fraction of sp³-hybridized carbons (Fsp3) is 0.143. The molecule has 17 heavy (non-hydrogen) atoms. The fourth-order valence-electron chi connectivity index (χ4n) is 3.06. The van der Waals surface area contributed by atoms with E-state index in [-0.39, 0.29) is 17.9 Å². The Labute approximate surface area is 107 Å². The van der Waals surface area contributed by atoms with Gasteiger partial charge in [-0.05, 0) is 34.4 Å². The summed E-state index contributed by atoms with van der Waals surface area (Å²) < 4.78 is 15.5. The smallest absolute Gasteiger partial charge is 0.123 e. The molecule has 2 aliphatic rings. The monoisotopic (exact) mass is 289 g/mol. The zero-order chi connectivity index (χ0) is 11.6. The predicted molar refractivity (Wildman–Crippen MR) is 67.3 cm³/mol. The molecule has 3 heteroatoms. The van der Waals surface area contributed by atoms with Crippen LogP contribution < -0.4 is 0 Å². The highest BCUT2D eigenvalue weighted by molar-refractivity contribution is 9.07. The van der Waals surface area contributed by atoms with Crippen molar-refractivity contribution in [3.63, 3.8) is 0 Å². The molecule has 0 aliphatic carbocycles. The van der Waals surface area contributed by atoms with Crippen LogP contribution in [0.2, 0.25) is 0 Å². The second-order valence-electron chi connectivity index (χ2n) is 4.55. The van der Waals surface area contributed by atoms with E-state index in [4.69, 9.17) is 0 Å². The molecular formula is C14H9BrFN. The van der Waals surface area contributed by atoms with Gasteiger partial charge in [0.2, 0.25) is 0 Å². The first kappa shape index (κ1) is 9.80. The Kier molecular flexibility index (Phi) is 1.83. The van der Waals surface area contributed by atoms with E-state index in [9.17, 15) is 4.39 Å². The van der Waals surface area contributed by atoms with E-state index in [1.54, 1.807) is 12.1 Å². The van der Waals surface area contributed by atoms with Crippen LogP contribution in [0.5, 0.6) is 0 Å². The largest absolute Gasteiger partial charge is 0.218 e. The van der Waals surface area contributed by atoms with Crippen LogP contribution in [0.4, 0.5) is 4.39 Å². The molecule has 2 unspecified atom stereocenters. The molecule has 2 aliphatic heterocycles. The molecule has 84 valence electrons. The van der Waals surface area contributed by atoms with Crippen molar-refractivity contribution in [3.05, 3.63) is 70.5 Å². The number of nitrogens with zero attached hydrogens (tertiary/aromatic N) is 1. The molecule has 0 radical (unpaired) electrons. The maximum atomic E-state index is 13.4. The summed E-state index contributed by atoms with van der Waals surface area (Å²) in [6, 6.07) is 13.9. The van der Waals surface area contributed by atoms with Crippen LogP contribution in [0, 0.1) is 5.82 Å². The van der Waals surface area contributed by atoms with Crippen LogP contribution in [-0.4, -0.2) is 3.93 Å². The first-order valence-electron chi connectivity index (χ1n) is 5.59. The number of rotatable bonds is 0. The van der Waals surface area contributed by atoms with E-state index in [0.29, 0.717) is 0 Å². The molecule has 0 aromatic heterocycles. The number of fused-ring (bicyclic) bond motifs is 8. The van der Waals surface area contributed by atoms with E-state index in [0.717, 1.165) is 5.56 Å². The Bertz CT molecular complexity index is 625. The first-order chi connectivity index (χ1) is 8.27. The highest BCUT2D eigenvalue weighted by atomic mass is 79.9.